The Hall–Kier alpha value is -3.28. The van der Waals surface area contributed by atoms with Gasteiger partial charge < -0.3 is 19.8 Å². The van der Waals surface area contributed by atoms with Crippen molar-refractivity contribution in [3.05, 3.63) is 64.7 Å². The summed E-state index contributed by atoms with van der Waals surface area (Å²) in [7, 11) is 0. The van der Waals surface area contributed by atoms with Crippen LogP contribution in [0.5, 0.6) is 11.5 Å². The molecule has 6 nitrogen and oxygen atoms in total. The lowest BCUT2D eigenvalue weighted by Crippen LogP contribution is -2.30. The number of likely N-dealkylation sites (tertiary alicyclic amines) is 1. The SMILES string of the molecule is CCCCCN1C(=O)C(=O)/C(=C(\O)c2ccc(OCC)c(C)c2)C1c1cccc(O)c1. The number of hydrogen-bond donors (Lipinski definition) is 2. The smallest absolute Gasteiger partial charge is 0.295 e. The first-order chi connectivity index (χ1) is 14.9. The lowest BCUT2D eigenvalue weighted by Gasteiger charge is -2.25. The van der Waals surface area contributed by atoms with Gasteiger partial charge in [0.2, 0.25) is 0 Å². The van der Waals surface area contributed by atoms with E-state index in [2.05, 4.69) is 6.92 Å². The van der Waals surface area contributed by atoms with E-state index in [1.807, 2.05) is 13.8 Å². The number of benzene rings is 2. The van der Waals surface area contributed by atoms with E-state index < -0.39 is 17.7 Å². The van der Waals surface area contributed by atoms with Crippen LogP contribution in [0.25, 0.3) is 5.76 Å². The second-order valence-electron chi connectivity index (χ2n) is 7.71. The van der Waals surface area contributed by atoms with Gasteiger partial charge in [0.25, 0.3) is 11.7 Å². The predicted molar refractivity (Wildman–Crippen MR) is 119 cm³/mol. The van der Waals surface area contributed by atoms with Crippen LogP contribution in [0, 0.1) is 6.92 Å². The fraction of sp³-hybridized carbons (Fsp3) is 0.360. The largest absolute Gasteiger partial charge is 0.508 e. The summed E-state index contributed by atoms with van der Waals surface area (Å²) in [5.74, 6) is -0.837. The molecule has 31 heavy (non-hydrogen) atoms. The third-order valence-electron chi connectivity index (χ3n) is 5.48. The van der Waals surface area contributed by atoms with Crippen LogP contribution in [0.1, 0.15) is 55.8 Å². The Balaban J connectivity index is 2.11. The predicted octanol–water partition coefficient (Wildman–Crippen LogP) is 4.71. The van der Waals surface area contributed by atoms with Crippen molar-refractivity contribution >= 4 is 17.4 Å². The highest BCUT2D eigenvalue weighted by molar-refractivity contribution is 6.46. The van der Waals surface area contributed by atoms with E-state index in [9.17, 15) is 19.8 Å². The maximum Gasteiger partial charge on any atom is 0.295 e. The maximum absolute atomic E-state index is 13.0. The van der Waals surface area contributed by atoms with Crippen LogP contribution in [0.4, 0.5) is 0 Å². The van der Waals surface area contributed by atoms with Crippen LogP contribution in [-0.2, 0) is 9.59 Å². The zero-order valence-corrected chi connectivity index (χ0v) is 18.2. The molecule has 1 aliphatic heterocycles. The normalized spacial score (nSPS) is 17.9. The highest BCUT2D eigenvalue weighted by Gasteiger charge is 2.45. The van der Waals surface area contributed by atoms with Crippen LogP contribution in [-0.4, -0.2) is 40.0 Å². The number of carbonyl (C=O) groups excluding carboxylic acids is 2. The zero-order chi connectivity index (χ0) is 22.5. The van der Waals surface area contributed by atoms with Crippen molar-refractivity contribution < 1.29 is 24.5 Å². The molecule has 0 saturated carbocycles. The molecule has 3 rings (SSSR count). The van der Waals surface area contributed by atoms with E-state index in [1.165, 1.54) is 17.0 Å². The summed E-state index contributed by atoms with van der Waals surface area (Å²) in [6.07, 6.45) is 2.65. The van der Waals surface area contributed by atoms with Crippen molar-refractivity contribution in [3.8, 4) is 11.5 Å². The molecule has 1 amide bonds. The van der Waals surface area contributed by atoms with Crippen LogP contribution in [0.3, 0.4) is 0 Å². The van der Waals surface area contributed by atoms with Gasteiger partial charge in [-0.15, -0.1) is 0 Å². The maximum atomic E-state index is 13.0. The summed E-state index contributed by atoms with van der Waals surface area (Å²) in [4.78, 5) is 27.4. The molecule has 0 radical (unpaired) electrons. The first-order valence-electron chi connectivity index (χ1n) is 10.7. The summed E-state index contributed by atoms with van der Waals surface area (Å²) in [5.41, 5.74) is 1.88. The number of aromatic hydroxyl groups is 1. The van der Waals surface area contributed by atoms with Crippen LogP contribution < -0.4 is 4.74 Å². The Morgan fingerprint density at radius 1 is 1.10 bits per heavy atom. The molecule has 1 atom stereocenters. The summed E-state index contributed by atoms with van der Waals surface area (Å²) in [6.45, 7) is 6.74. The van der Waals surface area contributed by atoms with E-state index in [0.717, 1.165) is 24.8 Å². The summed E-state index contributed by atoms with van der Waals surface area (Å²) >= 11 is 0. The average molecular weight is 424 g/mol. The van der Waals surface area contributed by atoms with E-state index in [4.69, 9.17) is 4.74 Å². The number of rotatable bonds is 8. The number of ketones is 1. The highest BCUT2D eigenvalue weighted by Crippen LogP contribution is 2.40. The lowest BCUT2D eigenvalue weighted by atomic mass is 9.94. The summed E-state index contributed by atoms with van der Waals surface area (Å²) in [5, 5.41) is 21.1. The van der Waals surface area contributed by atoms with Gasteiger partial charge in [-0.25, -0.2) is 0 Å². The van der Waals surface area contributed by atoms with E-state index in [-0.39, 0.29) is 17.1 Å². The average Bonchev–Trinajstić information content (AvgIpc) is 3.00. The molecule has 164 valence electrons. The number of phenolic OH excluding ortho intramolecular Hbond substituents is 1. The molecule has 1 fully saturated rings. The van der Waals surface area contributed by atoms with Crippen LogP contribution >= 0.6 is 0 Å². The zero-order valence-electron chi connectivity index (χ0n) is 18.2. The number of nitrogens with zero attached hydrogens (tertiary/aromatic N) is 1. The topological polar surface area (TPSA) is 87.1 Å². The second-order valence-corrected chi connectivity index (χ2v) is 7.71. The molecule has 6 heteroatoms. The third kappa shape index (κ3) is 4.58. The molecule has 1 saturated heterocycles. The Morgan fingerprint density at radius 3 is 2.52 bits per heavy atom. The Kier molecular flexibility index (Phi) is 7.00. The van der Waals surface area contributed by atoms with Gasteiger partial charge in [-0.05, 0) is 61.7 Å². The van der Waals surface area contributed by atoms with Crippen molar-refractivity contribution in [2.45, 2.75) is 46.1 Å². The van der Waals surface area contributed by atoms with Gasteiger partial charge in [-0.1, -0.05) is 31.9 Å². The van der Waals surface area contributed by atoms with Gasteiger partial charge in [0.15, 0.2) is 0 Å². The van der Waals surface area contributed by atoms with Crippen LogP contribution in [0.15, 0.2) is 48.0 Å². The van der Waals surface area contributed by atoms with Gasteiger partial charge in [0.1, 0.15) is 17.3 Å². The Labute approximate surface area is 182 Å². The molecule has 2 aromatic rings. The van der Waals surface area contributed by atoms with Gasteiger partial charge >= 0.3 is 0 Å². The molecular weight excluding hydrogens is 394 g/mol. The first kappa shape index (κ1) is 22.4. The minimum atomic E-state index is -0.754. The minimum absolute atomic E-state index is 0.0357. The van der Waals surface area contributed by atoms with Crippen molar-refractivity contribution in [1.82, 2.24) is 4.90 Å². The van der Waals surface area contributed by atoms with Gasteiger partial charge in [0.05, 0.1) is 18.2 Å². The van der Waals surface area contributed by atoms with Crippen molar-refractivity contribution in [3.63, 3.8) is 0 Å². The number of aryl methyl sites for hydroxylation is 1. The number of unbranched alkanes of at least 4 members (excludes halogenated alkanes) is 2. The van der Waals surface area contributed by atoms with Crippen molar-refractivity contribution in [1.29, 1.82) is 0 Å². The Morgan fingerprint density at radius 2 is 1.87 bits per heavy atom. The molecule has 2 N–H and O–H groups in total. The number of hydrogen-bond acceptors (Lipinski definition) is 5. The fourth-order valence-corrected chi connectivity index (χ4v) is 3.95. The Bertz CT molecular complexity index is 1010. The van der Waals surface area contributed by atoms with Crippen molar-refractivity contribution in [2.24, 2.45) is 0 Å². The molecule has 1 aliphatic rings. The second kappa shape index (κ2) is 9.69. The number of ether oxygens (including phenoxy) is 1. The van der Waals surface area contributed by atoms with Gasteiger partial charge in [-0.2, -0.15) is 0 Å². The molecule has 0 aliphatic carbocycles. The number of phenols is 1. The minimum Gasteiger partial charge on any atom is -0.508 e. The molecule has 1 unspecified atom stereocenters. The standard InChI is InChI=1S/C25H29NO5/c1-4-6-7-13-26-22(17-9-8-10-19(27)15-17)21(24(29)25(26)30)23(28)18-11-12-20(31-5-2)16(3)14-18/h8-12,14-15,22,27-28H,4-7,13H2,1-3H3/b23-21-. The number of amides is 1. The van der Waals surface area contributed by atoms with Gasteiger partial charge in [-0.3, -0.25) is 9.59 Å². The number of aliphatic hydroxyl groups excluding tert-OH is 1. The van der Waals surface area contributed by atoms with Crippen molar-refractivity contribution in [2.75, 3.05) is 13.2 Å². The van der Waals surface area contributed by atoms with E-state index in [0.29, 0.717) is 30.0 Å². The molecule has 0 spiro atoms. The van der Waals surface area contributed by atoms with E-state index >= 15 is 0 Å². The number of Topliss-reactive ketones (excluding diaryl/α,β-unsaturated/α-hetero) is 1. The monoisotopic (exact) mass is 423 g/mol. The molecule has 2 aromatic carbocycles. The third-order valence-corrected chi connectivity index (χ3v) is 5.48. The lowest BCUT2D eigenvalue weighted by molar-refractivity contribution is -0.139. The van der Waals surface area contributed by atoms with Gasteiger partial charge in [0, 0.05) is 12.1 Å². The summed E-state index contributed by atoms with van der Waals surface area (Å²) in [6, 6.07) is 10.9. The molecule has 0 bridgehead atoms. The number of aliphatic hydroxyl groups is 1. The number of carbonyl (C=O) groups is 2. The quantitative estimate of drug-likeness (QED) is 0.278. The fourth-order valence-electron chi connectivity index (χ4n) is 3.95. The van der Waals surface area contributed by atoms with E-state index in [1.54, 1.807) is 30.3 Å². The molecule has 1 heterocycles. The first-order valence-corrected chi connectivity index (χ1v) is 10.7. The van der Waals surface area contributed by atoms with Crippen LogP contribution in [0.2, 0.25) is 0 Å². The molecule has 0 aromatic heterocycles. The highest BCUT2D eigenvalue weighted by atomic mass is 16.5. The molecular formula is C25H29NO5. The summed E-state index contributed by atoms with van der Waals surface area (Å²) < 4.78 is 5.56.